The number of benzene rings is 3. The molecule has 0 unspecified atom stereocenters. The maximum absolute atomic E-state index is 12.5. The van der Waals surface area contributed by atoms with Crippen LogP contribution in [0.2, 0.25) is 0 Å². The van der Waals surface area contributed by atoms with Crippen molar-refractivity contribution in [1.82, 2.24) is 5.43 Å². The van der Waals surface area contributed by atoms with E-state index in [9.17, 15) is 9.59 Å². The van der Waals surface area contributed by atoms with Gasteiger partial charge in [0.05, 0.1) is 13.3 Å². The van der Waals surface area contributed by atoms with Gasteiger partial charge in [-0.3, -0.25) is 9.59 Å². The van der Waals surface area contributed by atoms with E-state index in [1.807, 2.05) is 31.2 Å². The van der Waals surface area contributed by atoms with E-state index in [4.69, 9.17) is 14.2 Å². The average Bonchev–Trinajstić information content (AvgIpc) is 2.88. The fraction of sp³-hybridized carbons (Fsp3) is 0.148. The summed E-state index contributed by atoms with van der Waals surface area (Å²) in [6.45, 7) is 5.73. The lowest BCUT2D eigenvalue weighted by molar-refractivity contribution is -0.118. The smallest absolute Gasteiger partial charge is 0.271 e. The van der Waals surface area contributed by atoms with Gasteiger partial charge in [-0.25, -0.2) is 5.43 Å². The minimum atomic E-state index is -0.425. The van der Waals surface area contributed by atoms with Crippen LogP contribution >= 0.6 is 0 Å². The van der Waals surface area contributed by atoms with E-state index in [0.717, 1.165) is 5.56 Å². The zero-order chi connectivity index (χ0) is 25.0. The monoisotopic (exact) mass is 473 g/mol. The third kappa shape index (κ3) is 7.46. The van der Waals surface area contributed by atoms with E-state index in [1.165, 1.54) is 13.3 Å². The van der Waals surface area contributed by atoms with Crippen molar-refractivity contribution in [2.24, 2.45) is 5.10 Å². The van der Waals surface area contributed by atoms with Crippen LogP contribution in [0, 0.1) is 6.92 Å². The fourth-order valence-corrected chi connectivity index (χ4v) is 3.00. The van der Waals surface area contributed by atoms with Crippen molar-refractivity contribution in [2.45, 2.75) is 6.92 Å². The van der Waals surface area contributed by atoms with Gasteiger partial charge in [0, 0.05) is 16.8 Å². The first-order valence-corrected chi connectivity index (χ1v) is 10.8. The largest absolute Gasteiger partial charge is 0.493 e. The molecule has 35 heavy (non-hydrogen) atoms. The van der Waals surface area contributed by atoms with Gasteiger partial charge in [0.25, 0.3) is 11.8 Å². The summed E-state index contributed by atoms with van der Waals surface area (Å²) >= 11 is 0. The molecule has 0 spiro atoms. The van der Waals surface area contributed by atoms with E-state index >= 15 is 0 Å². The number of nitrogens with zero attached hydrogens (tertiary/aromatic N) is 1. The topological polar surface area (TPSA) is 98.3 Å². The summed E-state index contributed by atoms with van der Waals surface area (Å²) in [6, 6.07) is 19.4. The van der Waals surface area contributed by atoms with Gasteiger partial charge in [-0.1, -0.05) is 42.5 Å². The highest BCUT2D eigenvalue weighted by atomic mass is 16.5. The third-order valence-electron chi connectivity index (χ3n) is 4.77. The van der Waals surface area contributed by atoms with Gasteiger partial charge in [-0.05, 0) is 49.4 Å². The lowest BCUT2D eigenvalue weighted by Crippen LogP contribution is -2.20. The average molecular weight is 474 g/mol. The maximum Gasteiger partial charge on any atom is 0.271 e. The van der Waals surface area contributed by atoms with Gasteiger partial charge in [-0.2, -0.15) is 5.10 Å². The molecule has 0 aromatic heterocycles. The molecule has 0 aliphatic heterocycles. The van der Waals surface area contributed by atoms with Crippen molar-refractivity contribution in [3.63, 3.8) is 0 Å². The first-order valence-electron chi connectivity index (χ1n) is 10.8. The Balaban J connectivity index is 1.58. The van der Waals surface area contributed by atoms with Crippen LogP contribution in [0.15, 0.2) is 84.5 Å². The number of anilines is 1. The number of nitrogens with one attached hydrogen (secondary N) is 2. The highest BCUT2D eigenvalue weighted by Crippen LogP contribution is 2.28. The van der Waals surface area contributed by atoms with Crippen molar-refractivity contribution in [3.05, 3.63) is 96.1 Å². The van der Waals surface area contributed by atoms with Crippen molar-refractivity contribution < 1.29 is 23.8 Å². The molecule has 8 nitrogen and oxygen atoms in total. The standard InChI is InChI=1S/C27H27N3O5/c1-4-15-34-24-14-11-20(16-25(24)33-3)27(32)30-28-17-21-7-5-6-8-23(21)35-18-26(31)29-22-12-9-19(2)10-13-22/h4-14,16-17H,1,15,18H2,2-3H3,(H,29,31)(H,30,32)/b28-17+. The quantitative estimate of drug-likeness (QED) is 0.245. The highest BCUT2D eigenvalue weighted by Gasteiger charge is 2.11. The predicted octanol–water partition coefficient (Wildman–Crippen LogP) is 4.35. The minimum absolute atomic E-state index is 0.175. The maximum atomic E-state index is 12.5. The number of hydrogen-bond donors (Lipinski definition) is 2. The van der Waals surface area contributed by atoms with E-state index in [2.05, 4.69) is 22.4 Å². The van der Waals surface area contributed by atoms with Gasteiger partial charge in [0.2, 0.25) is 0 Å². The molecule has 0 bridgehead atoms. The molecule has 2 N–H and O–H groups in total. The molecule has 0 aliphatic carbocycles. The summed E-state index contributed by atoms with van der Waals surface area (Å²) in [5, 5.41) is 6.80. The van der Waals surface area contributed by atoms with Crippen molar-refractivity contribution in [1.29, 1.82) is 0 Å². The van der Waals surface area contributed by atoms with Gasteiger partial charge in [-0.15, -0.1) is 0 Å². The molecule has 0 fully saturated rings. The number of aryl methyl sites for hydroxylation is 1. The van der Waals surface area contributed by atoms with Crippen LogP contribution in [-0.2, 0) is 4.79 Å². The molecule has 3 aromatic carbocycles. The lowest BCUT2D eigenvalue weighted by atomic mass is 10.2. The number of rotatable bonds is 11. The van der Waals surface area contributed by atoms with Crippen molar-refractivity contribution >= 4 is 23.7 Å². The minimum Gasteiger partial charge on any atom is -0.493 e. The summed E-state index contributed by atoms with van der Waals surface area (Å²) in [4.78, 5) is 24.7. The van der Waals surface area contributed by atoms with Gasteiger partial charge < -0.3 is 19.5 Å². The van der Waals surface area contributed by atoms with Crippen LogP contribution in [-0.4, -0.2) is 38.4 Å². The van der Waals surface area contributed by atoms with Crippen LogP contribution in [0.4, 0.5) is 5.69 Å². The second kappa shape index (κ2) is 12.6. The van der Waals surface area contributed by atoms with Crippen LogP contribution in [0.5, 0.6) is 17.2 Å². The Kier molecular flexibility index (Phi) is 9.01. The number of para-hydroxylation sites is 1. The van der Waals surface area contributed by atoms with Gasteiger partial charge >= 0.3 is 0 Å². The normalized spacial score (nSPS) is 10.5. The molecule has 0 saturated carbocycles. The number of ether oxygens (including phenoxy) is 3. The zero-order valence-corrected chi connectivity index (χ0v) is 19.6. The molecule has 0 saturated heterocycles. The van der Waals surface area contributed by atoms with Crippen molar-refractivity contribution in [3.8, 4) is 17.2 Å². The fourth-order valence-electron chi connectivity index (χ4n) is 3.00. The Hall–Kier alpha value is -4.59. The highest BCUT2D eigenvalue weighted by molar-refractivity contribution is 5.96. The van der Waals surface area contributed by atoms with E-state index < -0.39 is 5.91 Å². The molecule has 3 aromatic rings. The van der Waals surface area contributed by atoms with Crippen LogP contribution in [0.25, 0.3) is 0 Å². The Labute approximate surface area is 204 Å². The van der Waals surface area contributed by atoms with Crippen LogP contribution in [0.1, 0.15) is 21.5 Å². The zero-order valence-electron chi connectivity index (χ0n) is 19.6. The first kappa shape index (κ1) is 25.0. The van der Waals surface area contributed by atoms with Gasteiger partial charge in [0.15, 0.2) is 18.1 Å². The second-order valence-electron chi connectivity index (χ2n) is 7.41. The molecule has 0 atom stereocenters. The lowest BCUT2D eigenvalue weighted by Gasteiger charge is -2.11. The molecular formula is C27H27N3O5. The Bertz CT molecular complexity index is 1210. The third-order valence-corrected chi connectivity index (χ3v) is 4.77. The predicted molar refractivity (Wildman–Crippen MR) is 135 cm³/mol. The number of methoxy groups -OCH3 is 1. The molecule has 3 rings (SSSR count). The Morgan fingerprint density at radius 2 is 1.74 bits per heavy atom. The number of carbonyl (C=O) groups excluding carboxylic acids is 2. The second-order valence-corrected chi connectivity index (χ2v) is 7.41. The van der Waals surface area contributed by atoms with E-state index in [-0.39, 0.29) is 12.5 Å². The van der Waals surface area contributed by atoms with Gasteiger partial charge in [0.1, 0.15) is 12.4 Å². The molecule has 0 aliphatic rings. The summed E-state index contributed by atoms with van der Waals surface area (Å²) in [7, 11) is 1.49. The molecule has 2 amide bonds. The van der Waals surface area contributed by atoms with Crippen molar-refractivity contribution in [2.75, 3.05) is 25.6 Å². The van der Waals surface area contributed by atoms with Crippen LogP contribution in [0.3, 0.4) is 0 Å². The van der Waals surface area contributed by atoms with Crippen LogP contribution < -0.4 is 25.0 Å². The summed E-state index contributed by atoms with van der Waals surface area (Å²) in [5.74, 6) is 0.667. The molecule has 8 heteroatoms. The number of carbonyl (C=O) groups is 2. The summed E-state index contributed by atoms with van der Waals surface area (Å²) in [6.07, 6.45) is 3.07. The van der Waals surface area contributed by atoms with E-state index in [0.29, 0.717) is 40.7 Å². The molecule has 180 valence electrons. The Morgan fingerprint density at radius 3 is 2.49 bits per heavy atom. The molecular weight excluding hydrogens is 446 g/mol. The Morgan fingerprint density at radius 1 is 0.971 bits per heavy atom. The molecule has 0 heterocycles. The number of hydrogen-bond acceptors (Lipinski definition) is 6. The summed E-state index contributed by atoms with van der Waals surface area (Å²) in [5.41, 5.74) is 5.22. The summed E-state index contributed by atoms with van der Waals surface area (Å²) < 4.78 is 16.4. The first-order chi connectivity index (χ1) is 17.0. The number of amides is 2. The number of hydrazone groups is 1. The SMILES string of the molecule is C=CCOc1ccc(C(=O)N/N=C/c2ccccc2OCC(=O)Nc2ccc(C)cc2)cc1OC. The van der Waals surface area contributed by atoms with E-state index in [1.54, 1.807) is 48.5 Å². The molecule has 0 radical (unpaired) electrons.